The van der Waals surface area contributed by atoms with Gasteiger partial charge >= 0.3 is 0 Å². The van der Waals surface area contributed by atoms with Crippen molar-refractivity contribution in [2.75, 3.05) is 0 Å². The highest BCUT2D eigenvalue weighted by atomic mass is 15.2. The second kappa shape index (κ2) is 3.96. The minimum atomic E-state index is 0.914. The van der Waals surface area contributed by atoms with Crippen LogP contribution in [0.1, 0.15) is 5.56 Å². The van der Waals surface area contributed by atoms with Crippen molar-refractivity contribution in [3.8, 4) is 0 Å². The van der Waals surface area contributed by atoms with Crippen LogP contribution in [0.25, 0.3) is 5.57 Å². The van der Waals surface area contributed by atoms with E-state index in [0.29, 0.717) is 0 Å². The molecular weight excluding hydrogens is 188 g/mol. The summed E-state index contributed by atoms with van der Waals surface area (Å²) in [5.74, 6) is 0. The Labute approximate surface area is 88.1 Å². The van der Waals surface area contributed by atoms with Crippen molar-refractivity contribution in [3.05, 3.63) is 48.1 Å². The lowest BCUT2D eigenvalue weighted by atomic mass is 10.1. The van der Waals surface area contributed by atoms with E-state index < -0.39 is 0 Å². The molecule has 0 saturated heterocycles. The Morgan fingerprint density at radius 3 is 2.87 bits per heavy atom. The summed E-state index contributed by atoms with van der Waals surface area (Å²) < 4.78 is 1.77. The third-order valence-electron chi connectivity index (χ3n) is 2.14. The highest BCUT2D eigenvalue weighted by Crippen LogP contribution is 2.17. The Balaban J connectivity index is 2.19. The Bertz CT molecular complexity index is 463. The molecule has 2 rings (SSSR count). The number of dihydropyridines is 1. The van der Waals surface area contributed by atoms with Crippen LogP contribution in [0.15, 0.2) is 42.5 Å². The molecule has 0 unspecified atom stereocenters. The van der Waals surface area contributed by atoms with E-state index in [2.05, 4.69) is 10.4 Å². The first-order valence-electron chi connectivity index (χ1n) is 4.64. The van der Waals surface area contributed by atoms with Crippen molar-refractivity contribution in [1.29, 1.82) is 5.41 Å². The molecule has 0 amide bonds. The lowest BCUT2D eigenvalue weighted by Gasteiger charge is -2.09. The maximum absolute atomic E-state index is 6.95. The van der Waals surface area contributed by atoms with Gasteiger partial charge in [0.25, 0.3) is 0 Å². The fourth-order valence-electron chi connectivity index (χ4n) is 1.38. The third kappa shape index (κ3) is 2.04. The van der Waals surface area contributed by atoms with Crippen LogP contribution in [0, 0.1) is 5.41 Å². The zero-order chi connectivity index (χ0) is 10.7. The molecule has 0 aliphatic carbocycles. The number of hydrogen-bond donors (Lipinski definition) is 2. The number of allylic oxidation sites excluding steroid dienone is 4. The second-order valence-electron chi connectivity index (χ2n) is 3.27. The molecule has 2 N–H and O–H groups in total. The van der Waals surface area contributed by atoms with Gasteiger partial charge in [-0.1, -0.05) is 6.08 Å². The summed E-state index contributed by atoms with van der Waals surface area (Å²) in [6, 6.07) is 0. The van der Waals surface area contributed by atoms with Crippen LogP contribution in [-0.4, -0.2) is 16.0 Å². The van der Waals surface area contributed by atoms with E-state index >= 15 is 0 Å². The van der Waals surface area contributed by atoms with Gasteiger partial charge in [-0.15, -0.1) is 0 Å². The number of nitrogens with zero attached hydrogens (tertiary/aromatic N) is 2. The molecule has 0 fully saturated rings. The highest BCUT2D eigenvalue weighted by molar-refractivity contribution is 5.77. The van der Waals surface area contributed by atoms with E-state index in [4.69, 9.17) is 5.41 Å². The van der Waals surface area contributed by atoms with Crippen LogP contribution in [0.5, 0.6) is 0 Å². The lowest BCUT2D eigenvalue weighted by Crippen LogP contribution is -2.07. The average Bonchev–Trinajstić information content (AvgIpc) is 2.67. The predicted octanol–water partition coefficient (Wildman–Crippen LogP) is 1.45. The fraction of sp³-hybridized carbons (Fsp3) is 0.0909. The van der Waals surface area contributed by atoms with E-state index in [0.717, 1.165) is 16.8 Å². The predicted molar refractivity (Wildman–Crippen MR) is 60.3 cm³/mol. The second-order valence-corrected chi connectivity index (χ2v) is 3.27. The van der Waals surface area contributed by atoms with Crippen LogP contribution < -0.4 is 5.32 Å². The van der Waals surface area contributed by atoms with E-state index in [9.17, 15) is 0 Å². The summed E-state index contributed by atoms with van der Waals surface area (Å²) in [4.78, 5) is 0. The summed E-state index contributed by atoms with van der Waals surface area (Å²) >= 11 is 0. The van der Waals surface area contributed by atoms with Crippen molar-refractivity contribution in [2.24, 2.45) is 7.05 Å². The SMILES string of the molecule is Cn1cc(C2=CN/C(=C\C=N)C=C2)cn1. The first-order valence-corrected chi connectivity index (χ1v) is 4.64. The summed E-state index contributed by atoms with van der Waals surface area (Å²) in [6.07, 6.45) is 12.6. The maximum Gasteiger partial charge on any atom is 0.0568 e. The molecule has 15 heavy (non-hydrogen) atoms. The third-order valence-corrected chi connectivity index (χ3v) is 2.14. The molecule has 1 aliphatic heterocycles. The number of aryl methyl sites for hydroxylation is 1. The standard InChI is InChI=1S/C11H12N4/c1-15-8-10(7-14-15)9-2-3-11(4-5-12)13-6-9/h2-8,12-13H,1H3/b11-4-,12-5?. The van der Waals surface area contributed by atoms with Crippen LogP contribution >= 0.6 is 0 Å². The van der Waals surface area contributed by atoms with Gasteiger partial charge in [0.15, 0.2) is 0 Å². The van der Waals surface area contributed by atoms with Crippen molar-refractivity contribution >= 4 is 11.8 Å². The number of aromatic nitrogens is 2. The van der Waals surface area contributed by atoms with Gasteiger partial charge in [-0.2, -0.15) is 5.10 Å². The normalized spacial score (nSPS) is 17.4. The molecule has 0 bridgehead atoms. The first-order chi connectivity index (χ1) is 7.29. The van der Waals surface area contributed by atoms with Crippen LogP contribution in [-0.2, 0) is 7.05 Å². The van der Waals surface area contributed by atoms with Gasteiger partial charge in [0.05, 0.1) is 6.20 Å². The van der Waals surface area contributed by atoms with Gasteiger partial charge in [0.1, 0.15) is 0 Å². The van der Waals surface area contributed by atoms with Crippen molar-refractivity contribution in [1.82, 2.24) is 15.1 Å². The number of hydrogen-bond acceptors (Lipinski definition) is 3. The molecule has 0 spiro atoms. The summed E-state index contributed by atoms with van der Waals surface area (Å²) in [6.45, 7) is 0. The van der Waals surface area contributed by atoms with Crippen molar-refractivity contribution < 1.29 is 0 Å². The minimum absolute atomic E-state index is 0.914. The Kier molecular flexibility index (Phi) is 2.49. The Morgan fingerprint density at radius 1 is 1.47 bits per heavy atom. The highest BCUT2D eigenvalue weighted by Gasteiger charge is 2.04. The van der Waals surface area contributed by atoms with Gasteiger partial charge < -0.3 is 10.7 Å². The smallest absolute Gasteiger partial charge is 0.0568 e. The van der Waals surface area contributed by atoms with Crippen molar-refractivity contribution in [2.45, 2.75) is 0 Å². The van der Waals surface area contributed by atoms with Crippen molar-refractivity contribution in [3.63, 3.8) is 0 Å². The lowest BCUT2D eigenvalue weighted by molar-refractivity contribution is 0.767. The Morgan fingerprint density at radius 2 is 2.33 bits per heavy atom. The molecular formula is C11H12N4. The zero-order valence-electron chi connectivity index (χ0n) is 8.44. The topological polar surface area (TPSA) is 53.7 Å². The average molecular weight is 200 g/mol. The summed E-state index contributed by atoms with van der Waals surface area (Å²) in [5, 5.41) is 14.2. The van der Waals surface area contributed by atoms with Gasteiger partial charge in [-0.05, 0) is 12.2 Å². The quantitative estimate of drug-likeness (QED) is 0.710. The summed E-state index contributed by atoms with van der Waals surface area (Å²) in [7, 11) is 1.89. The molecule has 0 radical (unpaired) electrons. The van der Waals surface area contributed by atoms with Gasteiger partial charge in [-0.3, -0.25) is 4.68 Å². The molecule has 0 atom stereocenters. The molecule has 0 saturated carbocycles. The Hall–Kier alpha value is -2.10. The van der Waals surface area contributed by atoms with Crippen LogP contribution in [0.3, 0.4) is 0 Å². The monoisotopic (exact) mass is 200 g/mol. The minimum Gasteiger partial charge on any atom is -0.361 e. The van der Waals surface area contributed by atoms with E-state index in [1.807, 2.05) is 37.8 Å². The van der Waals surface area contributed by atoms with E-state index in [1.54, 1.807) is 10.8 Å². The summed E-state index contributed by atoms with van der Waals surface area (Å²) in [5.41, 5.74) is 3.08. The molecule has 4 nitrogen and oxygen atoms in total. The van der Waals surface area contributed by atoms with Gasteiger partial charge in [0.2, 0.25) is 0 Å². The number of nitrogens with one attached hydrogen (secondary N) is 2. The molecule has 0 aromatic carbocycles. The maximum atomic E-state index is 6.95. The molecule has 2 heterocycles. The first kappa shape index (κ1) is 9.45. The molecule has 4 heteroatoms. The molecule has 76 valence electrons. The zero-order valence-corrected chi connectivity index (χ0v) is 8.44. The van der Waals surface area contributed by atoms with E-state index in [1.165, 1.54) is 6.21 Å². The van der Waals surface area contributed by atoms with Crippen LogP contribution in [0.4, 0.5) is 0 Å². The molecule has 1 aromatic rings. The number of rotatable bonds is 2. The fourth-order valence-corrected chi connectivity index (χ4v) is 1.38. The van der Waals surface area contributed by atoms with Crippen LogP contribution in [0.2, 0.25) is 0 Å². The van der Waals surface area contributed by atoms with Gasteiger partial charge in [0, 0.05) is 42.5 Å². The van der Waals surface area contributed by atoms with E-state index in [-0.39, 0.29) is 0 Å². The van der Waals surface area contributed by atoms with Gasteiger partial charge in [-0.25, -0.2) is 0 Å². The molecule has 1 aliphatic rings. The molecule has 1 aromatic heterocycles. The largest absolute Gasteiger partial charge is 0.361 e.